The molecule has 0 aromatic carbocycles. The van der Waals surface area contributed by atoms with E-state index in [1.54, 1.807) is 20.8 Å². The Balaban J connectivity index is 4.41. The molecule has 0 saturated heterocycles. The van der Waals surface area contributed by atoms with Crippen LogP contribution in [0.1, 0.15) is 41.0 Å². The normalized spacial score (nSPS) is 14.3. The highest BCUT2D eigenvalue weighted by Crippen LogP contribution is 2.24. The van der Waals surface area contributed by atoms with Crippen molar-refractivity contribution >= 4 is 9.84 Å². The summed E-state index contributed by atoms with van der Waals surface area (Å²) in [6.45, 7) is 10.3. The smallest absolute Gasteiger partial charge is 0.155 e. The van der Waals surface area contributed by atoms with Gasteiger partial charge in [0.1, 0.15) is 0 Å². The van der Waals surface area contributed by atoms with E-state index in [0.29, 0.717) is 6.42 Å². The second-order valence-electron chi connectivity index (χ2n) is 5.88. The highest BCUT2D eigenvalue weighted by atomic mass is 32.2. The van der Waals surface area contributed by atoms with Crippen LogP contribution in [0.5, 0.6) is 0 Å². The van der Waals surface area contributed by atoms with Crippen molar-refractivity contribution < 1.29 is 8.42 Å². The molecule has 3 nitrogen and oxygen atoms in total. The second-order valence-corrected chi connectivity index (χ2v) is 8.74. The van der Waals surface area contributed by atoms with Gasteiger partial charge < -0.3 is 5.32 Å². The van der Waals surface area contributed by atoms with E-state index >= 15 is 0 Å². The second kappa shape index (κ2) is 4.83. The monoisotopic (exact) mass is 235 g/mol. The largest absolute Gasteiger partial charge is 0.319 e. The Hall–Kier alpha value is -0.0900. The first-order valence-corrected chi connectivity index (χ1v) is 7.04. The fourth-order valence-corrected chi connectivity index (χ4v) is 2.72. The number of sulfone groups is 1. The van der Waals surface area contributed by atoms with E-state index in [-0.39, 0.29) is 11.2 Å². The minimum Gasteiger partial charge on any atom is -0.319 e. The molecule has 0 spiro atoms. The molecule has 0 rings (SSSR count). The maximum Gasteiger partial charge on any atom is 0.155 e. The molecular weight excluding hydrogens is 210 g/mol. The summed E-state index contributed by atoms with van der Waals surface area (Å²) in [6, 6.07) is 0. The van der Waals surface area contributed by atoms with Crippen molar-refractivity contribution in [2.75, 3.05) is 19.3 Å². The molecule has 0 aliphatic carbocycles. The predicted molar refractivity (Wildman–Crippen MR) is 65.9 cm³/mol. The molecule has 0 unspecified atom stereocenters. The Bertz CT molecular complexity index is 286. The lowest BCUT2D eigenvalue weighted by molar-refractivity contribution is 0.339. The maximum atomic E-state index is 11.9. The number of rotatable bonds is 5. The molecule has 0 amide bonds. The number of hydrogen-bond donors (Lipinski definition) is 1. The molecule has 0 bridgehead atoms. The van der Waals surface area contributed by atoms with E-state index < -0.39 is 14.6 Å². The maximum absolute atomic E-state index is 11.9. The van der Waals surface area contributed by atoms with Crippen LogP contribution in [-0.4, -0.2) is 32.5 Å². The first-order chi connectivity index (χ1) is 6.52. The van der Waals surface area contributed by atoms with Crippen LogP contribution in [0, 0.1) is 5.41 Å². The highest BCUT2D eigenvalue weighted by molar-refractivity contribution is 7.92. The minimum absolute atomic E-state index is 0.0348. The summed E-state index contributed by atoms with van der Waals surface area (Å²) >= 11 is 0. The summed E-state index contributed by atoms with van der Waals surface area (Å²) in [7, 11) is -1.09. The van der Waals surface area contributed by atoms with Crippen LogP contribution in [0.3, 0.4) is 0 Å². The minimum atomic E-state index is -2.98. The summed E-state index contributed by atoms with van der Waals surface area (Å²) in [6.07, 6.45) is 0.702. The van der Waals surface area contributed by atoms with E-state index in [1.807, 2.05) is 7.05 Å². The van der Waals surface area contributed by atoms with Crippen LogP contribution in [0.4, 0.5) is 0 Å². The summed E-state index contributed by atoms with van der Waals surface area (Å²) < 4.78 is 23.1. The SMILES string of the molecule is CNCC(C)(C)CCS(=O)(=O)C(C)(C)C. The Morgan fingerprint density at radius 1 is 1.07 bits per heavy atom. The van der Waals surface area contributed by atoms with Crippen LogP contribution in [-0.2, 0) is 9.84 Å². The third kappa shape index (κ3) is 4.98. The average Bonchev–Trinajstić information content (AvgIpc) is 1.99. The summed E-state index contributed by atoms with van der Waals surface area (Å²) in [5.74, 6) is 0.269. The number of hydrogen-bond acceptors (Lipinski definition) is 3. The molecule has 0 heterocycles. The molecule has 0 fully saturated rings. The van der Waals surface area contributed by atoms with Gasteiger partial charge >= 0.3 is 0 Å². The van der Waals surface area contributed by atoms with Gasteiger partial charge in [-0.3, -0.25) is 0 Å². The van der Waals surface area contributed by atoms with Gasteiger partial charge in [-0.05, 0) is 46.2 Å². The van der Waals surface area contributed by atoms with Gasteiger partial charge in [-0.15, -0.1) is 0 Å². The van der Waals surface area contributed by atoms with Crippen LogP contribution < -0.4 is 5.32 Å². The Kier molecular flexibility index (Phi) is 4.80. The summed E-state index contributed by atoms with van der Waals surface area (Å²) in [5.41, 5.74) is 0.0348. The van der Waals surface area contributed by atoms with E-state index in [0.717, 1.165) is 6.54 Å². The van der Waals surface area contributed by atoms with Gasteiger partial charge in [-0.2, -0.15) is 0 Å². The molecule has 0 aliphatic rings. The van der Waals surface area contributed by atoms with Crippen LogP contribution >= 0.6 is 0 Å². The molecule has 4 heteroatoms. The van der Waals surface area contributed by atoms with Gasteiger partial charge in [0.05, 0.1) is 10.5 Å². The molecule has 0 aromatic heterocycles. The molecule has 0 aromatic rings. The topological polar surface area (TPSA) is 46.2 Å². The third-order valence-corrected chi connectivity index (χ3v) is 5.24. The van der Waals surface area contributed by atoms with Crippen molar-refractivity contribution in [1.29, 1.82) is 0 Å². The third-order valence-electron chi connectivity index (χ3n) is 2.64. The van der Waals surface area contributed by atoms with E-state index in [4.69, 9.17) is 0 Å². The van der Waals surface area contributed by atoms with Crippen LogP contribution in [0.15, 0.2) is 0 Å². The summed E-state index contributed by atoms with van der Waals surface area (Å²) in [5, 5.41) is 3.09. The van der Waals surface area contributed by atoms with E-state index in [9.17, 15) is 8.42 Å². The zero-order valence-corrected chi connectivity index (χ0v) is 11.7. The Labute approximate surface area is 94.6 Å². The van der Waals surface area contributed by atoms with Gasteiger partial charge in [0, 0.05) is 0 Å². The van der Waals surface area contributed by atoms with Gasteiger partial charge in [0.15, 0.2) is 9.84 Å². The lowest BCUT2D eigenvalue weighted by atomic mass is 9.90. The van der Waals surface area contributed by atoms with Crippen molar-refractivity contribution in [3.05, 3.63) is 0 Å². The fourth-order valence-electron chi connectivity index (χ4n) is 1.28. The van der Waals surface area contributed by atoms with Crippen molar-refractivity contribution in [1.82, 2.24) is 5.32 Å². The molecule has 0 radical (unpaired) electrons. The standard InChI is InChI=1S/C11H25NO2S/c1-10(2,3)15(13,14)8-7-11(4,5)9-12-6/h12H,7-9H2,1-6H3. The van der Waals surface area contributed by atoms with Crippen molar-refractivity contribution in [2.45, 2.75) is 45.8 Å². The highest BCUT2D eigenvalue weighted by Gasteiger charge is 2.30. The van der Waals surface area contributed by atoms with Crippen molar-refractivity contribution in [3.8, 4) is 0 Å². The predicted octanol–water partition coefficient (Wildman–Crippen LogP) is 1.84. The molecule has 0 atom stereocenters. The van der Waals surface area contributed by atoms with Crippen LogP contribution in [0.2, 0.25) is 0 Å². The summed E-state index contributed by atoms with van der Waals surface area (Å²) in [4.78, 5) is 0. The first-order valence-electron chi connectivity index (χ1n) is 5.39. The molecule has 15 heavy (non-hydrogen) atoms. The lowest BCUT2D eigenvalue weighted by Crippen LogP contribution is -2.34. The quantitative estimate of drug-likeness (QED) is 0.791. The van der Waals surface area contributed by atoms with Gasteiger partial charge in [0.25, 0.3) is 0 Å². The fraction of sp³-hybridized carbons (Fsp3) is 1.00. The molecular formula is C11H25NO2S. The van der Waals surface area contributed by atoms with Gasteiger partial charge in [-0.25, -0.2) is 8.42 Å². The Morgan fingerprint density at radius 3 is 1.87 bits per heavy atom. The molecule has 0 aliphatic heterocycles. The average molecular weight is 235 g/mol. The molecule has 92 valence electrons. The zero-order chi connectivity index (χ0) is 12.3. The number of nitrogens with one attached hydrogen (secondary N) is 1. The Morgan fingerprint density at radius 2 is 1.53 bits per heavy atom. The van der Waals surface area contributed by atoms with Gasteiger partial charge in [-0.1, -0.05) is 13.8 Å². The zero-order valence-electron chi connectivity index (χ0n) is 10.8. The van der Waals surface area contributed by atoms with E-state index in [1.165, 1.54) is 0 Å². The van der Waals surface area contributed by atoms with Crippen molar-refractivity contribution in [3.63, 3.8) is 0 Å². The molecule has 0 saturated carbocycles. The first kappa shape index (κ1) is 14.9. The van der Waals surface area contributed by atoms with Gasteiger partial charge in [0.2, 0.25) is 0 Å². The lowest BCUT2D eigenvalue weighted by Gasteiger charge is -2.26. The van der Waals surface area contributed by atoms with E-state index in [2.05, 4.69) is 19.2 Å². The van der Waals surface area contributed by atoms with Crippen molar-refractivity contribution in [2.24, 2.45) is 5.41 Å². The molecule has 1 N–H and O–H groups in total. The van der Waals surface area contributed by atoms with Crippen LogP contribution in [0.25, 0.3) is 0 Å².